The van der Waals surface area contributed by atoms with Crippen molar-refractivity contribution in [3.8, 4) is 34.1 Å². The van der Waals surface area contributed by atoms with Crippen LogP contribution in [0.4, 0.5) is 10.2 Å². The number of pyridine rings is 1. The fourth-order valence-corrected chi connectivity index (χ4v) is 5.16. The molecule has 0 spiro atoms. The predicted octanol–water partition coefficient (Wildman–Crippen LogP) is 5.87. The second kappa shape index (κ2) is 13.0. The molecule has 45 heavy (non-hydrogen) atoms. The minimum absolute atomic E-state index is 0.0353. The summed E-state index contributed by atoms with van der Waals surface area (Å²) in [6, 6.07) is 17.3. The molecule has 0 unspecified atom stereocenters. The summed E-state index contributed by atoms with van der Waals surface area (Å²) in [6.07, 6.45) is 2.75. The summed E-state index contributed by atoms with van der Waals surface area (Å²) in [7, 11) is 0. The van der Waals surface area contributed by atoms with Gasteiger partial charge < -0.3 is 24.3 Å². The number of nitrogens with one attached hydrogen (secondary N) is 1. The van der Waals surface area contributed by atoms with Gasteiger partial charge in [0.05, 0.1) is 24.6 Å². The number of hydrogen-bond acceptors (Lipinski definition) is 8. The first-order chi connectivity index (χ1) is 22.0. The summed E-state index contributed by atoms with van der Waals surface area (Å²) >= 11 is 0. The van der Waals surface area contributed by atoms with Crippen LogP contribution in [-0.4, -0.2) is 53.0 Å². The van der Waals surface area contributed by atoms with E-state index in [-0.39, 0.29) is 30.5 Å². The third-order valence-corrected chi connectivity index (χ3v) is 7.15. The van der Waals surface area contributed by atoms with Crippen LogP contribution in [0, 0.1) is 5.82 Å². The molecular formula is C34H31FN4O6. The van der Waals surface area contributed by atoms with Gasteiger partial charge in [-0.3, -0.25) is 14.6 Å². The second-order valence-corrected chi connectivity index (χ2v) is 10.1. The van der Waals surface area contributed by atoms with E-state index >= 15 is 0 Å². The first-order valence-electron chi connectivity index (χ1n) is 14.7. The highest BCUT2D eigenvalue weighted by atomic mass is 19.1. The van der Waals surface area contributed by atoms with E-state index in [1.165, 1.54) is 10.7 Å². The van der Waals surface area contributed by atoms with E-state index in [0.717, 1.165) is 17.3 Å². The molecule has 7 rings (SSSR count). The average molecular weight is 611 g/mol. The van der Waals surface area contributed by atoms with Gasteiger partial charge in [0.1, 0.15) is 32.2 Å². The van der Waals surface area contributed by atoms with Gasteiger partial charge in [-0.1, -0.05) is 32.0 Å². The van der Waals surface area contributed by atoms with Gasteiger partial charge in [-0.25, -0.2) is 4.39 Å². The van der Waals surface area contributed by atoms with E-state index in [9.17, 15) is 14.0 Å². The topological polar surface area (TPSA) is 114 Å². The first-order valence-corrected chi connectivity index (χ1v) is 14.7. The summed E-state index contributed by atoms with van der Waals surface area (Å²) in [6.45, 7) is 5.83. The third kappa shape index (κ3) is 6.42. The summed E-state index contributed by atoms with van der Waals surface area (Å²) in [5, 5.41) is 7.91. The molecule has 0 aliphatic carbocycles. The van der Waals surface area contributed by atoms with E-state index < -0.39 is 5.82 Å². The molecule has 5 aromatic rings. The number of fused-ring (bicyclic) bond motifs is 3. The number of nitrogens with zero attached hydrogens (tertiary/aromatic N) is 3. The van der Waals surface area contributed by atoms with Gasteiger partial charge in [0, 0.05) is 17.1 Å². The van der Waals surface area contributed by atoms with Crippen LogP contribution in [0.15, 0.2) is 73.1 Å². The third-order valence-electron chi connectivity index (χ3n) is 7.15. The van der Waals surface area contributed by atoms with Gasteiger partial charge in [0.2, 0.25) is 5.91 Å². The van der Waals surface area contributed by atoms with E-state index in [1.54, 1.807) is 54.7 Å². The highest BCUT2D eigenvalue weighted by molar-refractivity contribution is 6.04. The van der Waals surface area contributed by atoms with Gasteiger partial charge in [0.15, 0.2) is 28.8 Å². The van der Waals surface area contributed by atoms with E-state index in [0.29, 0.717) is 71.5 Å². The van der Waals surface area contributed by atoms with Crippen LogP contribution in [0.25, 0.3) is 22.0 Å². The Morgan fingerprint density at radius 3 is 2.02 bits per heavy atom. The van der Waals surface area contributed by atoms with Crippen molar-refractivity contribution in [3.63, 3.8) is 0 Å². The van der Waals surface area contributed by atoms with Crippen LogP contribution in [0.2, 0.25) is 0 Å². The quantitative estimate of drug-likeness (QED) is 0.254. The molecule has 0 saturated heterocycles. The van der Waals surface area contributed by atoms with Gasteiger partial charge in [-0.15, -0.1) is 5.10 Å². The van der Waals surface area contributed by atoms with Crippen molar-refractivity contribution in [1.29, 1.82) is 0 Å². The van der Waals surface area contributed by atoms with Crippen molar-refractivity contribution in [2.24, 2.45) is 0 Å². The number of aromatic nitrogens is 3. The van der Waals surface area contributed by atoms with Crippen molar-refractivity contribution in [2.75, 3.05) is 31.7 Å². The van der Waals surface area contributed by atoms with Crippen molar-refractivity contribution < 1.29 is 32.9 Å². The van der Waals surface area contributed by atoms with Gasteiger partial charge in [0.25, 0.3) is 5.91 Å². The number of amides is 1. The smallest absolute Gasteiger partial charge is 0.251 e. The molecule has 11 heteroatoms. The Morgan fingerprint density at radius 2 is 1.38 bits per heavy atom. The summed E-state index contributed by atoms with van der Waals surface area (Å²) in [5.41, 5.74) is 3.15. The SMILES string of the molecule is CC.O=C(Cc1ccc2c(c1)OCCO2)Nc1nn(C(=O)Cc2ccc3c(c2)OCCO3)c2ccc(-c3cncc(F)c3)cc12. The van der Waals surface area contributed by atoms with Crippen molar-refractivity contribution >= 4 is 28.5 Å². The molecule has 1 N–H and O–H groups in total. The minimum Gasteiger partial charge on any atom is -0.486 e. The van der Waals surface area contributed by atoms with Crippen molar-refractivity contribution in [2.45, 2.75) is 26.7 Å². The molecule has 2 aliphatic rings. The van der Waals surface area contributed by atoms with Crippen LogP contribution in [-0.2, 0) is 17.6 Å². The molecule has 10 nitrogen and oxygen atoms in total. The molecule has 0 fully saturated rings. The standard InChI is InChI=1S/C32H25FN4O6.C2H6/c33-23-15-22(17-34-18-23)21-3-4-25-24(16-21)32(35-30(38)13-19-1-5-26-28(11-19)42-9-7-40-26)36-37(25)31(39)14-20-2-6-27-29(12-20)43-10-8-41-27;1-2/h1-6,11-12,15-18H,7-10,13-14H2,(H,35,36,38);1-2H3. The Balaban J connectivity index is 0.00000175. The van der Waals surface area contributed by atoms with Crippen LogP contribution in [0.5, 0.6) is 23.0 Å². The maximum atomic E-state index is 13.9. The Bertz CT molecular complexity index is 1890. The van der Waals surface area contributed by atoms with Crippen LogP contribution in [0.1, 0.15) is 29.8 Å². The zero-order valence-electron chi connectivity index (χ0n) is 24.8. The maximum Gasteiger partial charge on any atom is 0.251 e. The largest absolute Gasteiger partial charge is 0.486 e. The number of halogens is 1. The fourth-order valence-electron chi connectivity index (χ4n) is 5.16. The van der Waals surface area contributed by atoms with Crippen molar-refractivity contribution in [3.05, 3.63) is 90.0 Å². The van der Waals surface area contributed by atoms with Crippen LogP contribution in [0.3, 0.4) is 0 Å². The zero-order valence-corrected chi connectivity index (χ0v) is 24.8. The maximum absolute atomic E-state index is 13.9. The lowest BCUT2D eigenvalue weighted by Gasteiger charge is -2.18. The molecule has 0 saturated carbocycles. The zero-order chi connectivity index (χ0) is 31.3. The molecule has 1 amide bonds. The van der Waals surface area contributed by atoms with Gasteiger partial charge in [-0.2, -0.15) is 4.68 Å². The van der Waals surface area contributed by atoms with Gasteiger partial charge in [-0.05, 0) is 59.2 Å². The molecule has 4 heterocycles. The highest BCUT2D eigenvalue weighted by Crippen LogP contribution is 2.33. The van der Waals surface area contributed by atoms with Gasteiger partial charge >= 0.3 is 0 Å². The highest BCUT2D eigenvalue weighted by Gasteiger charge is 2.21. The molecule has 0 bridgehead atoms. The Labute approximate surface area is 258 Å². The number of carbonyl (C=O) groups is 2. The lowest BCUT2D eigenvalue weighted by Crippen LogP contribution is -2.19. The monoisotopic (exact) mass is 610 g/mol. The van der Waals surface area contributed by atoms with E-state index in [1.807, 2.05) is 19.9 Å². The number of benzene rings is 3. The lowest BCUT2D eigenvalue weighted by molar-refractivity contribution is -0.115. The number of carbonyl (C=O) groups excluding carboxylic acids is 2. The normalized spacial score (nSPS) is 13.0. The number of anilines is 1. The number of rotatable bonds is 6. The van der Waals surface area contributed by atoms with E-state index in [2.05, 4.69) is 15.4 Å². The molecule has 230 valence electrons. The summed E-state index contributed by atoms with van der Waals surface area (Å²) in [4.78, 5) is 30.7. The second-order valence-electron chi connectivity index (χ2n) is 10.1. The van der Waals surface area contributed by atoms with Crippen LogP contribution < -0.4 is 24.3 Å². The lowest BCUT2D eigenvalue weighted by atomic mass is 10.1. The van der Waals surface area contributed by atoms with Crippen LogP contribution >= 0.6 is 0 Å². The Hall–Kier alpha value is -5.45. The first kappa shape index (κ1) is 29.6. The fraction of sp³-hybridized carbons (Fsp3) is 0.235. The number of ether oxygens (including phenoxy) is 4. The molecule has 3 aromatic carbocycles. The molecule has 2 aromatic heterocycles. The number of hydrogen-bond donors (Lipinski definition) is 1. The van der Waals surface area contributed by atoms with Crippen molar-refractivity contribution in [1.82, 2.24) is 14.8 Å². The predicted molar refractivity (Wildman–Crippen MR) is 166 cm³/mol. The molecule has 0 radical (unpaired) electrons. The molecule has 2 aliphatic heterocycles. The molecular weight excluding hydrogens is 579 g/mol. The Kier molecular flexibility index (Phi) is 8.58. The minimum atomic E-state index is -0.476. The summed E-state index contributed by atoms with van der Waals surface area (Å²) in [5.74, 6) is 1.53. The van der Waals surface area contributed by atoms with E-state index in [4.69, 9.17) is 18.9 Å². The summed E-state index contributed by atoms with van der Waals surface area (Å²) < 4.78 is 37.7. The average Bonchev–Trinajstić information content (AvgIpc) is 3.43. The Morgan fingerprint density at radius 1 is 0.756 bits per heavy atom. The molecule has 0 atom stereocenters.